The van der Waals surface area contributed by atoms with Crippen LogP contribution in [0.15, 0.2) is 12.3 Å². The molecule has 0 saturated carbocycles. The van der Waals surface area contributed by atoms with Crippen molar-refractivity contribution in [3.8, 4) is 0 Å². The molecule has 15 heavy (non-hydrogen) atoms. The fraction of sp³-hybridized carbons (Fsp3) is 0.700. The molecule has 2 nitrogen and oxygen atoms in total. The van der Waals surface area contributed by atoms with Gasteiger partial charge in [0.25, 0.3) is 0 Å². The quantitative estimate of drug-likeness (QED) is 0.363. The standard InChI is InChI=1S/C10H21O2Si.HI.Mg/c1-7-13(8-2,11-9(3)4)12-10(5)6;;/h7,9-10H,1-2,8H2,3-6H3;1H;/q-1;;+2/p-1. The van der Waals surface area contributed by atoms with Crippen molar-refractivity contribution in [2.24, 2.45) is 0 Å². The molecule has 0 spiro atoms. The molecular weight excluding hydrogens is 331 g/mol. The first-order valence-electron chi connectivity index (χ1n) is 4.74. The SMILES string of the molecule is C=C[Si](C[CH2-])(OC(C)C)OC(C)C.[I-].[Mg+2]. The van der Waals surface area contributed by atoms with Gasteiger partial charge in [-0.2, -0.15) is 0 Å². The van der Waals surface area contributed by atoms with Gasteiger partial charge in [0.05, 0.1) is 0 Å². The number of hydrogen-bond donors (Lipinski definition) is 0. The zero-order valence-corrected chi connectivity index (χ0v) is 14.8. The molecule has 0 aliphatic carbocycles. The van der Waals surface area contributed by atoms with Crippen molar-refractivity contribution in [2.75, 3.05) is 0 Å². The summed E-state index contributed by atoms with van der Waals surface area (Å²) in [6, 6.07) is 0.673. The molecule has 5 heteroatoms. The largest absolute Gasteiger partial charge is 2.00 e. The Morgan fingerprint density at radius 3 is 1.67 bits per heavy atom. The molecule has 0 rings (SSSR count). The molecule has 0 fully saturated rings. The van der Waals surface area contributed by atoms with Crippen LogP contribution in [0.2, 0.25) is 6.04 Å². The molecule has 0 amide bonds. The average Bonchev–Trinajstić information content (AvgIpc) is 2.01. The van der Waals surface area contributed by atoms with Gasteiger partial charge in [-0.1, -0.05) is 5.70 Å². The second-order valence-corrected chi connectivity index (χ2v) is 6.60. The van der Waals surface area contributed by atoms with E-state index in [9.17, 15) is 0 Å². The summed E-state index contributed by atoms with van der Waals surface area (Å²) in [7, 11) is -2.22. The molecule has 0 N–H and O–H groups in total. The third-order valence-corrected chi connectivity index (χ3v) is 4.59. The first-order valence-corrected chi connectivity index (χ1v) is 6.84. The molecule has 0 saturated heterocycles. The van der Waals surface area contributed by atoms with Crippen molar-refractivity contribution >= 4 is 31.6 Å². The van der Waals surface area contributed by atoms with Crippen molar-refractivity contribution < 1.29 is 32.8 Å². The van der Waals surface area contributed by atoms with Crippen LogP contribution in [-0.4, -0.2) is 43.8 Å². The van der Waals surface area contributed by atoms with Gasteiger partial charge in [0.1, 0.15) is 0 Å². The van der Waals surface area contributed by atoms with Crippen molar-refractivity contribution in [2.45, 2.75) is 45.9 Å². The van der Waals surface area contributed by atoms with E-state index in [1.807, 2.05) is 33.4 Å². The molecule has 0 aromatic rings. The minimum absolute atomic E-state index is 0. The fourth-order valence-electron chi connectivity index (χ4n) is 1.14. The summed E-state index contributed by atoms with van der Waals surface area (Å²) in [4.78, 5) is 0. The van der Waals surface area contributed by atoms with Gasteiger partial charge >= 0.3 is 31.6 Å². The molecule has 0 heterocycles. The first kappa shape index (κ1) is 21.6. The van der Waals surface area contributed by atoms with Gasteiger partial charge in [-0.15, -0.1) is 12.6 Å². The zero-order valence-electron chi connectivity index (χ0n) is 10.3. The molecular formula is C10H21IMgO2Si. The summed E-state index contributed by atoms with van der Waals surface area (Å²) in [6.07, 6.45) is 0.343. The maximum absolute atomic E-state index is 5.78. The Balaban J connectivity index is -0.000000720. The van der Waals surface area contributed by atoms with Crippen LogP contribution < -0.4 is 24.0 Å². The molecule has 0 radical (unpaired) electrons. The van der Waals surface area contributed by atoms with Crippen LogP contribution in [0.3, 0.4) is 0 Å². The van der Waals surface area contributed by atoms with E-state index in [2.05, 4.69) is 13.5 Å². The molecule has 0 atom stereocenters. The topological polar surface area (TPSA) is 18.5 Å². The average molecular weight is 353 g/mol. The van der Waals surface area contributed by atoms with E-state index in [1.165, 1.54) is 0 Å². The van der Waals surface area contributed by atoms with Crippen LogP contribution in [0.4, 0.5) is 0 Å². The monoisotopic (exact) mass is 352 g/mol. The van der Waals surface area contributed by atoms with Gasteiger partial charge < -0.3 is 39.8 Å². The third-order valence-electron chi connectivity index (χ3n) is 1.53. The summed E-state index contributed by atoms with van der Waals surface area (Å²) in [6.45, 7) is 15.7. The molecule has 0 bridgehead atoms. The second kappa shape index (κ2) is 10.5. The normalized spacial score (nSPS) is 10.9. The van der Waals surface area contributed by atoms with Gasteiger partial charge in [0.2, 0.25) is 0 Å². The maximum Gasteiger partial charge on any atom is 2.00 e. The number of rotatable bonds is 6. The summed E-state index contributed by atoms with van der Waals surface area (Å²) >= 11 is 0. The van der Waals surface area contributed by atoms with E-state index in [-0.39, 0.29) is 59.2 Å². The Bertz CT molecular complexity index is 156. The van der Waals surface area contributed by atoms with Crippen molar-refractivity contribution in [1.29, 1.82) is 0 Å². The fourth-order valence-corrected chi connectivity index (χ4v) is 3.43. The number of halogens is 1. The Kier molecular flexibility index (Phi) is 15.2. The predicted octanol–water partition coefficient (Wildman–Crippen LogP) is -0.539. The molecule has 0 aromatic carbocycles. The van der Waals surface area contributed by atoms with Gasteiger partial charge in [0.15, 0.2) is 0 Å². The van der Waals surface area contributed by atoms with Crippen LogP contribution >= 0.6 is 0 Å². The summed E-state index contributed by atoms with van der Waals surface area (Å²) in [5.41, 5.74) is 1.82. The Morgan fingerprint density at radius 1 is 1.20 bits per heavy atom. The Morgan fingerprint density at radius 2 is 1.53 bits per heavy atom. The number of hydrogen-bond acceptors (Lipinski definition) is 2. The predicted molar refractivity (Wildman–Crippen MR) is 64.3 cm³/mol. The molecule has 0 unspecified atom stereocenters. The minimum atomic E-state index is -2.22. The second-order valence-electron chi connectivity index (χ2n) is 3.60. The molecule has 86 valence electrons. The smallest absolute Gasteiger partial charge is 1.00 e. The van der Waals surface area contributed by atoms with E-state index in [0.717, 1.165) is 0 Å². The summed E-state index contributed by atoms with van der Waals surface area (Å²) in [5, 5.41) is 0. The van der Waals surface area contributed by atoms with E-state index in [4.69, 9.17) is 8.85 Å². The van der Waals surface area contributed by atoms with Gasteiger partial charge in [-0.3, -0.25) is 0 Å². The molecule has 0 aromatic heterocycles. The van der Waals surface area contributed by atoms with Crippen molar-refractivity contribution in [3.63, 3.8) is 0 Å². The van der Waals surface area contributed by atoms with Crippen molar-refractivity contribution in [1.82, 2.24) is 0 Å². The van der Waals surface area contributed by atoms with Gasteiger partial charge in [-0.25, -0.2) is 0 Å². The van der Waals surface area contributed by atoms with E-state index >= 15 is 0 Å². The van der Waals surface area contributed by atoms with Crippen LogP contribution in [0.1, 0.15) is 27.7 Å². The van der Waals surface area contributed by atoms with E-state index in [0.29, 0.717) is 6.04 Å². The van der Waals surface area contributed by atoms with Crippen LogP contribution in [0.5, 0.6) is 0 Å². The van der Waals surface area contributed by atoms with Crippen LogP contribution in [0, 0.1) is 6.92 Å². The zero-order chi connectivity index (χ0) is 10.5. The van der Waals surface area contributed by atoms with Crippen molar-refractivity contribution in [3.05, 3.63) is 19.2 Å². The Labute approximate surface area is 129 Å². The van der Waals surface area contributed by atoms with E-state index in [1.54, 1.807) is 0 Å². The first-order chi connectivity index (χ1) is 5.95. The maximum atomic E-state index is 5.78. The van der Waals surface area contributed by atoms with Crippen LogP contribution in [0.25, 0.3) is 0 Å². The van der Waals surface area contributed by atoms with Crippen LogP contribution in [-0.2, 0) is 8.85 Å². The van der Waals surface area contributed by atoms with E-state index < -0.39 is 8.56 Å². The van der Waals surface area contributed by atoms with Gasteiger partial charge in [0, 0.05) is 12.2 Å². The van der Waals surface area contributed by atoms with Gasteiger partial charge in [-0.05, 0) is 27.7 Å². The summed E-state index contributed by atoms with van der Waals surface area (Å²) in [5.74, 6) is 0. The Hall–Kier alpha value is 1.37. The third kappa shape index (κ3) is 9.11. The molecule has 0 aliphatic rings. The minimum Gasteiger partial charge on any atom is -1.00 e. The molecule has 0 aliphatic heterocycles. The summed E-state index contributed by atoms with van der Waals surface area (Å²) < 4.78 is 11.6.